The number of rotatable bonds is 10. The lowest BCUT2D eigenvalue weighted by Gasteiger charge is -2.25. The largest absolute Gasteiger partial charge is 0.496 e. The van der Waals surface area contributed by atoms with Crippen molar-refractivity contribution in [3.8, 4) is 5.75 Å². The number of benzene rings is 2. The normalized spacial score (nSPS) is 16.2. The third kappa shape index (κ3) is 6.58. The standard InChI is InChI=1S/C24H32N2O3/c1-19-8-3-4-9-20(19)13-14-25-24(27)18-26(17-22-11-7-15-29-22)16-21-10-5-6-12-23(21)28-2/h3-6,8-10,12,22H,7,11,13-18H2,1-2H3,(H,25,27). The first-order valence-electron chi connectivity index (χ1n) is 10.4. The van der Waals surface area contributed by atoms with E-state index in [0.717, 1.165) is 43.7 Å². The number of ether oxygens (including phenoxy) is 2. The molecule has 0 radical (unpaired) electrons. The zero-order chi connectivity index (χ0) is 20.5. The molecule has 0 aliphatic carbocycles. The molecule has 1 aliphatic rings. The van der Waals surface area contributed by atoms with Crippen LogP contribution in [0, 0.1) is 6.92 Å². The molecular weight excluding hydrogens is 364 g/mol. The van der Waals surface area contributed by atoms with E-state index in [2.05, 4.69) is 35.3 Å². The molecule has 0 aromatic heterocycles. The van der Waals surface area contributed by atoms with Crippen molar-refractivity contribution in [1.29, 1.82) is 0 Å². The summed E-state index contributed by atoms with van der Waals surface area (Å²) >= 11 is 0. The topological polar surface area (TPSA) is 50.8 Å². The van der Waals surface area contributed by atoms with E-state index < -0.39 is 0 Å². The SMILES string of the molecule is COc1ccccc1CN(CC(=O)NCCc1ccccc1C)CC1CCCO1. The van der Waals surface area contributed by atoms with E-state index in [1.165, 1.54) is 11.1 Å². The predicted octanol–water partition coefficient (Wildman–Crippen LogP) is 3.34. The van der Waals surface area contributed by atoms with Gasteiger partial charge in [0, 0.05) is 31.8 Å². The molecule has 2 aromatic carbocycles. The van der Waals surface area contributed by atoms with E-state index in [-0.39, 0.29) is 12.0 Å². The minimum absolute atomic E-state index is 0.0477. The van der Waals surface area contributed by atoms with E-state index in [1.807, 2.05) is 30.3 Å². The van der Waals surface area contributed by atoms with Crippen molar-refractivity contribution >= 4 is 5.91 Å². The van der Waals surface area contributed by atoms with Gasteiger partial charge in [0.1, 0.15) is 5.75 Å². The molecule has 5 nitrogen and oxygen atoms in total. The fourth-order valence-electron chi connectivity index (χ4n) is 3.82. The lowest BCUT2D eigenvalue weighted by molar-refractivity contribution is -0.122. The Morgan fingerprint density at radius 2 is 1.93 bits per heavy atom. The number of hydrogen-bond acceptors (Lipinski definition) is 4. The molecule has 1 fully saturated rings. The number of hydrogen-bond donors (Lipinski definition) is 1. The van der Waals surface area contributed by atoms with Crippen molar-refractivity contribution in [2.75, 3.05) is 33.4 Å². The second kappa shape index (κ2) is 11.0. The monoisotopic (exact) mass is 396 g/mol. The predicted molar refractivity (Wildman–Crippen MR) is 115 cm³/mol. The molecule has 0 saturated carbocycles. The number of para-hydroxylation sites is 1. The zero-order valence-corrected chi connectivity index (χ0v) is 17.5. The highest BCUT2D eigenvalue weighted by atomic mass is 16.5. The minimum Gasteiger partial charge on any atom is -0.496 e. The first-order chi connectivity index (χ1) is 14.2. The Labute approximate surface area is 174 Å². The molecule has 3 rings (SSSR count). The number of amides is 1. The second-order valence-electron chi connectivity index (χ2n) is 7.64. The molecule has 1 atom stereocenters. The first kappa shape index (κ1) is 21.3. The Bertz CT molecular complexity index is 787. The van der Waals surface area contributed by atoms with Gasteiger partial charge in [-0.3, -0.25) is 9.69 Å². The molecule has 0 bridgehead atoms. The Hall–Kier alpha value is -2.37. The summed E-state index contributed by atoms with van der Waals surface area (Å²) in [5, 5.41) is 3.08. The maximum atomic E-state index is 12.6. The van der Waals surface area contributed by atoms with E-state index in [1.54, 1.807) is 7.11 Å². The summed E-state index contributed by atoms with van der Waals surface area (Å²) in [6.45, 7) is 5.33. The van der Waals surface area contributed by atoms with Gasteiger partial charge < -0.3 is 14.8 Å². The highest BCUT2D eigenvalue weighted by Crippen LogP contribution is 2.21. The van der Waals surface area contributed by atoms with Crippen molar-refractivity contribution in [3.05, 3.63) is 65.2 Å². The summed E-state index contributed by atoms with van der Waals surface area (Å²) in [5.41, 5.74) is 3.62. The molecular formula is C24H32N2O3. The number of nitrogens with one attached hydrogen (secondary N) is 1. The summed E-state index contributed by atoms with van der Waals surface area (Å²) in [5.74, 6) is 0.899. The molecule has 0 spiro atoms. The van der Waals surface area contributed by atoms with Gasteiger partial charge in [0.15, 0.2) is 0 Å². The number of methoxy groups -OCH3 is 1. The lowest BCUT2D eigenvalue weighted by Crippen LogP contribution is -2.41. The van der Waals surface area contributed by atoms with Crippen LogP contribution in [-0.2, 0) is 22.5 Å². The van der Waals surface area contributed by atoms with Gasteiger partial charge in [-0.05, 0) is 43.4 Å². The number of nitrogens with zero attached hydrogens (tertiary/aromatic N) is 1. The highest BCUT2D eigenvalue weighted by Gasteiger charge is 2.21. The van der Waals surface area contributed by atoms with Gasteiger partial charge in [-0.2, -0.15) is 0 Å². The molecule has 1 unspecified atom stereocenters. The molecule has 1 amide bonds. The first-order valence-corrected chi connectivity index (χ1v) is 10.4. The van der Waals surface area contributed by atoms with Crippen LogP contribution in [0.4, 0.5) is 0 Å². The molecule has 1 N–H and O–H groups in total. The third-order valence-corrected chi connectivity index (χ3v) is 5.42. The molecule has 1 aliphatic heterocycles. The van der Waals surface area contributed by atoms with Crippen molar-refractivity contribution < 1.29 is 14.3 Å². The van der Waals surface area contributed by atoms with E-state index in [9.17, 15) is 4.79 Å². The van der Waals surface area contributed by atoms with Gasteiger partial charge in [0.2, 0.25) is 5.91 Å². The molecule has 2 aromatic rings. The number of carbonyl (C=O) groups is 1. The van der Waals surface area contributed by atoms with Gasteiger partial charge in [-0.1, -0.05) is 42.5 Å². The van der Waals surface area contributed by atoms with Crippen LogP contribution in [0.25, 0.3) is 0 Å². The van der Waals surface area contributed by atoms with Crippen LogP contribution < -0.4 is 10.1 Å². The summed E-state index contributed by atoms with van der Waals surface area (Å²) in [4.78, 5) is 14.8. The molecule has 1 heterocycles. The van der Waals surface area contributed by atoms with E-state index >= 15 is 0 Å². The summed E-state index contributed by atoms with van der Waals surface area (Å²) in [6.07, 6.45) is 3.19. The Kier molecular flexibility index (Phi) is 8.08. The van der Waals surface area contributed by atoms with Crippen LogP contribution in [-0.4, -0.2) is 50.3 Å². The van der Waals surface area contributed by atoms with Gasteiger partial charge in [-0.25, -0.2) is 0 Å². The average Bonchev–Trinajstić information content (AvgIpc) is 3.23. The highest BCUT2D eigenvalue weighted by molar-refractivity contribution is 5.78. The molecule has 29 heavy (non-hydrogen) atoms. The maximum Gasteiger partial charge on any atom is 0.234 e. The Morgan fingerprint density at radius 3 is 2.66 bits per heavy atom. The summed E-state index contributed by atoms with van der Waals surface area (Å²) in [6, 6.07) is 16.3. The number of carbonyl (C=O) groups excluding carboxylic acids is 1. The van der Waals surface area contributed by atoms with Gasteiger partial charge in [0.05, 0.1) is 19.8 Å². The van der Waals surface area contributed by atoms with Crippen LogP contribution >= 0.6 is 0 Å². The van der Waals surface area contributed by atoms with E-state index in [4.69, 9.17) is 9.47 Å². The number of aryl methyl sites for hydroxylation is 1. The average molecular weight is 397 g/mol. The Balaban J connectivity index is 1.56. The van der Waals surface area contributed by atoms with Crippen LogP contribution in [0.5, 0.6) is 5.75 Å². The van der Waals surface area contributed by atoms with Crippen molar-refractivity contribution in [3.63, 3.8) is 0 Å². The minimum atomic E-state index is 0.0477. The Morgan fingerprint density at radius 1 is 1.17 bits per heavy atom. The summed E-state index contributed by atoms with van der Waals surface area (Å²) < 4.78 is 11.3. The van der Waals surface area contributed by atoms with Crippen LogP contribution in [0.3, 0.4) is 0 Å². The molecule has 156 valence electrons. The van der Waals surface area contributed by atoms with Gasteiger partial charge >= 0.3 is 0 Å². The van der Waals surface area contributed by atoms with Gasteiger partial charge in [-0.15, -0.1) is 0 Å². The van der Waals surface area contributed by atoms with Gasteiger partial charge in [0.25, 0.3) is 0 Å². The van der Waals surface area contributed by atoms with Crippen molar-refractivity contribution in [2.24, 2.45) is 0 Å². The smallest absolute Gasteiger partial charge is 0.234 e. The summed E-state index contributed by atoms with van der Waals surface area (Å²) in [7, 11) is 1.68. The van der Waals surface area contributed by atoms with Crippen molar-refractivity contribution in [2.45, 2.75) is 38.8 Å². The van der Waals surface area contributed by atoms with E-state index in [0.29, 0.717) is 19.6 Å². The van der Waals surface area contributed by atoms with Crippen LogP contribution in [0.15, 0.2) is 48.5 Å². The molecule has 1 saturated heterocycles. The van der Waals surface area contributed by atoms with Crippen molar-refractivity contribution in [1.82, 2.24) is 10.2 Å². The molecule has 5 heteroatoms. The fraction of sp³-hybridized carbons (Fsp3) is 0.458. The third-order valence-electron chi connectivity index (χ3n) is 5.42. The lowest BCUT2D eigenvalue weighted by atomic mass is 10.1. The quantitative estimate of drug-likeness (QED) is 0.669. The van der Waals surface area contributed by atoms with Crippen LogP contribution in [0.2, 0.25) is 0 Å². The van der Waals surface area contributed by atoms with Crippen LogP contribution in [0.1, 0.15) is 29.5 Å². The second-order valence-corrected chi connectivity index (χ2v) is 7.64. The maximum absolute atomic E-state index is 12.6. The zero-order valence-electron chi connectivity index (χ0n) is 17.5. The fourth-order valence-corrected chi connectivity index (χ4v) is 3.82.